The smallest absolute Gasteiger partial charge is 0.224 e. The second kappa shape index (κ2) is 4.81. The maximum Gasteiger partial charge on any atom is 0.224 e. The van der Waals surface area contributed by atoms with Gasteiger partial charge in [-0.25, -0.2) is 4.39 Å². The van der Waals surface area contributed by atoms with E-state index in [4.69, 9.17) is 0 Å². The average Bonchev–Trinajstić information content (AvgIpc) is 2.29. The third-order valence-corrected chi connectivity index (χ3v) is 3.52. The quantitative estimate of drug-likeness (QED) is 0.786. The second-order valence-corrected chi connectivity index (χ2v) is 5.56. The van der Waals surface area contributed by atoms with Crippen molar-refractivity contribution < 1.29 is 14.3 Å². The summed E-state index contributed by atoms with van der Waals surface area (Å²) in [6, 6.07) is 2.71. The predicted molar refractivity (Wildman–Crippen MR) is 72.7 cm³/mol. The monoisotopic (exact) mass is 266 g/mol. The lowest BCUT2D eigenvalue weighted by atomic mass is 9.99. The molecular formula is C14H19FN2O2. The Balaban J connectivity index is 2.27. The Labute approximate surface area is 112 Å². The largest absolute Gasteiger partial charge is 0.388 e. The number of rotatable bonds is 3. The molecule has 0 fully saturated rings. The average molecular weight is 266 g/mol. The zero-order valence-electron chi connectivity index (χ0n) is 11.4. The number of carbonyl (C=O) groups is 1. The fourth-order valence-electron chi connectivity index (χ4n) is 1.92. The Morgan fingerprint density at radius 2 is 2.11 bits per heavy atom. The molecule has 0 bridgehead atoms. The van der Waals surface area contributed by atoms with E-state index in [0.717, 1.165) is 5.56 Å². The first kappa shape index (κ1) is 13.8. The SMILES string of the molecule is CC(Nc1cc2c(cc1F)CCC(=O)N2)C(C)(C)O. The highest BCUT2D eigenvalue weighted by molar-refractivity contribution is 5.94. The topological polar surface area (TPSA) is 61.4 Å². The van der Waals surface area contributed by atoms with Crippen LogP contribution in [0.1, 0.15) is 32.8 Å². The predicted octanol–water partition coefficient (Wildman–Crippen LogP) is 2.28. The minimum atomic E-state index is -0.967. The van der Waals surface area contributed by atoms with Crippen molar-refractivity contribution in [1.29, 1.82) is 0 Å². The van der Waals surface area contributed by atoms with Gasteiger partial charge in [0.15, 0.2) is 0 Å². The third-order valence-electron chi connectivity index (χ3n) is 3.52. The summed E-state index contributed by atoms with van der Waals surface area (Å²) in [5.74, 6) is -0.424. The van der Waals surface area contributed by atoms with E-state index in [1.54, 1.807) is 26.8 Å². The molecule has 1 unspecified atom stereocenters. The van der Waals surface area contributed by atoms with E-state index < -0.39 is 5.60 Å². The molecule has 104 valence electrons. The van der Waals surface area contributed by atoms with Crippen molar-refractivity contribution >= 4 is 17.3 Å². The van der Waals surface area contributed by atoms with Gasteiger partial charge in [-0.05, 0) is 44.9 Å². The van der Waals surface area contributed by atoms with Crippen LogP contribution < -0.4 is 10.6 Å². The summed E-state index contributed by atoms with van der Waals surface area (Å²) < 4.78 is 14.0. The summed E-state index contributed by atoms with van der Waals surface area (Å²) in [5.41, 5.74) is 0.767. The molecule has 1 aliphatic rings. The number of hydrogen-bond acceptors (Lipinski definition) is 3. The highest BCUT2D eigenvalue weighted by Gasteiger charge is 2.24. The van der Waals surface area contributed by atoms with Crippen LogP contribution in [-0.2, 0) is 11.2 Å². The van der Waals surface area contributed by atoms with Gasteiger partial charge >= 0.3 is 0 Å². The van der Waals surface area contributed by atoms with Gasteiger partial charge in [0.25, 0.3) is 0 Å². The van der Waals surface area contributed by atoms with Crippen LogP contribution in [0.15, 0.2) is 12.1 Å². The number of halogens is 1. The standard InChI is InChI=1S/C14H19FN2O2/c1-8(14(2,3)19)16-12-7-11-9(6-10(12)15)4-5-13(18)17-11/h6-8,16,19H,4-5H2,1-3H3,(H,17,18). The van der Waals surface area contributed by atoms with Crippen LogP contribution in [0.4, 0.5) is 15.8 Å². The van der Waals surface area contributed by atoms with E-state index in [-0.39, 0.29) is 23.5 Å². The molecule has 1 heterocycles. The molecule has 0 spiro atoms. The van der Waals surface area contributed by atoms with Gasteiger partial charge in [-0.3, -0.25) is 4.79 Å². The molecule has 0 saturated heterocycles. The fourth-order valence-corrected chi connectivity index (χ4v) is 1.92. The zero-order chi connectivity index (χ0) is 14.2. The summed E-state index contributed by atoms with van der Waals surface area (Å²) in [6.07, 6.45) is 0.943. The Kier molecular flexibility index (Phi) is 3.49. The van der Waals surface area contributed by atoms with Crippen LogP contribution in [0.25, 0.3) is 0 Å². The molecule has 0 aliphatic carbocycles. The van der Waals surface area contributed by atoms with Gasteiger partial charge in [0.2, 0.25) is 5.91 Å². The van der Waals surface area contributed by atoms with Crippen molar-refractivity contribution in [2.45, 2.75) is 45.3 Å². The summed E-state index contributed by atoms with van der Waals surface area (Å²) in [5, 5.41) is 15.5. The normalized spacial score (nSPS) is 16.6. The maximum absolute atomic E-state index is 14.0. The lowest BCUT2D eigenvalue weighted by molar-refractivity contribution is -0.116. The number of fused-ring (bicyclic) bond motifs is 1. The van der Waals surface area contributed by atoms with Crippen molar-refractivity contribution in [1.82, 2.24) is 0 Å². The summed E-state index contributed by atoms with van der Waals surface area (Å²) in [6.45, 7) is 5.09. The van der Waals surface area contributed by atoms with E-state index in [2.05, 4.69) is 10.6 Å². The first-order valence-electron chi connectivity index (χ1n) is 6.38. The summed E-state index contributed by atoms with van der Waals surface area (Å²) in [4.78, 5) is 11.3. The van der Waals surface area contributed by atoms with Gasteiger partial charge in [-0.1, -0.05) is 0 Å². The van der Waals surface area contributed by atoms with Crippen LogP contribution in [0, 0.1) is 5.82 Å². The first-order chi connectivity index (χ1) is 8.77. The van der Waals surface area contributed by atoms with E-state index >= 15 is 0 Å². The van der Waals surface area contributed by atoms with Crippen LogP contribution in [0.3, 0.4) is 0 Å². The van der Waals surface area contributed by atoms with Gasteiger partial charge in [-0.15, -0.1) is 0 Å². The molecule has 0 radical (unpaired) electrons. The number of aliphatic hydroxyl groups is 1. The molecule has 1 aliphatic heterocycles. The number of amides is 1. The van der Waals surface area contributed by atoms with Crippen molar-refractivity contribution in [2.75, 3.05) is 10.6 Å². The van der Waals surface area contributed by atoms with Gasteiger partial charge < -0.3 is 15.7 Å². The van der Waals surface area contributed by atoms with Crippen molar-refractivity contribution in [3.05, 3.63) is 23.5 Å². The van der Waals surface area contributed by atoms with Crippen LogP contribution in [0.2, 0.25) is 0 Å². The Morgan fingerprint density at radius 3 is 2.74 bits per heavy atom. The highest BCUT2D eigenvalue weighted by Crippen LogP contribution is 2.29. The van der Waals surface area contributed by atoms with Gasteiger partial charge in [0.05, 0.1) is 17.3 Å². The molecule has 1 aromatic carbocycles. The number of nitrogens with one attached hydrogen (secondary N) is 2. The van der Waals surface area contributed by atoms with Gasteiger partial charge in [0.1, 0.15) is 5.82 Å². The molecule has 4 nitrogen and oxygen atoms in total. The van der Waals surface area contributed by atoms with Crippen molar-refractivity contribution in [3.63, 3.8) is 0 Å². The molecule has 3 N–H and O–H groups in total. The molecule has 19 heavy (non-hydrogen) atoms. The lowest BCUT2D eigenvalue weighted by Gasteiger charge is -2.28. The van der Waals surface area contributed by atoms with E-state index in [1.165, 1.54) is 6.07 Å². The minimum Gasteiger partial charge on any atom is -0.388 e. The number of hydrogen-bond donors (Lipinski definition) is 3. The first-order valence-corrected chi connectivity index (χ1v) is 6.38. The number of anilines is 2. The van der Waals surface area contributed by atoms with E-state index in [1.807, 2.05) is 0 Å². The summed E-state index contributed by atoms with van der Waals surface area (Å²) >= 11 is 0. The van der Waals surface area contributed by atoms with Gasteiger partial charge in [0, 0.05) is 12.1 Å². The number of benzene rings is 1. The second-order valence-electron chi connectivity index (χ2n) is 5.56. The van der Waals surface area contributed by atoms with Gasteiger partial charge in [-0.2, -0.15) is 0 Å². The van der Waals surface area contributed by atoms with Crippen molar-refractivity contribution in [3.8, 4) is 0 Å². The molecule has 2 rings (SSSR count). The fraction of sp³-hybridized carbons (Fsp3) is 0.500. The molecule has 1 aromatic rings. The minimum absolute atomic E-state index is 0.0550. The molecular weight excluding hydrogens is 247 g/mol. The van der Waals surface area contributed by atoms with E-state index in [9.17, 15) is 14.3 Å². The maximum atomic E-state index is 14.0. The zero-order valence-corrected chi connectivity index (χ0v) is 11.4. The molecule has 0 saturated carbocycles. The van der Waals surface area contributed by atoms with E-state index in [0.29, 0.717) is 18.5 Å². The van der Waals surface area contributed by atoms with Crippen LogP contribution in [-0.4, -0.2) is 22.7 Å². The van der Waals surface area contributed by atoms with Crippen molar-refractivity contribution in [2.24, 2.45) is 0 Å². The number of aryl methyl sites for hydroxylation is 1. The molecule has 1 amide bonds. The molecule has 1 atom stereocenters. The van der Waals surface area contributed by atoms with Crippen LogP contribution in [0.5, 0.6) is 0 Å². The Morgan fingerprint density at radius 1 is 1.42 bits per heavy atom. The summed E-state index contributed by atoms with van der Waals surface area (Å²) in [7, 11) is 0. The van der Waals surface area contributed by atoms with Crippen LogP contribution >= 0.6 is 0 Å². The lowest BCUT2D eigenvalue weighted by Crippen LogP contribution is -2.39. The number of carbonyl (C=O) groups excluding carboxylic acids is 1. The Hall–Kier alpha value is -1.62. The molecule has 5 heteroatoms. The Bertz CT molecular complexity index is 509. The third kappa shape index (κ3) is 3.04. The highest BCUT2D eigenvalue weighted by atomic mass is 19.1. The molecule has 0 aromatic heterocycles.